The van der Waals surface area contributed by atoms with Gasteiger partial charge in [0.05, 0.1) is 6.10 Å². The molecule has 20 heavy (non-hydrogen) atoms. The maximum Gasteiger partial charge on any atom is 0.265 e. The number of nitrogens with two attached hydrogens (primary N) is 1. The van der Waals surface area contributed by atoms with Gasteiger partial charge in [0.15, 0.2) is 5.13 Å². The summed E-state index contributed by atoms with van der Waals surface area (Å²) in [6.45, 7) is 6.70. The molecule has 0 aliphatic heterocycles. The van der Waals surface area contributed by atoms with E-state index in [1.165, 1.54) is 11.3 Å². The highest BCUT2D eigenvalue weighted by molar-refractivity contribution is 7.18. The van der Waals surface area contributed by atoms with E-state index in [1.807, 2.05) is 32.7 Å². The highest BCUT2D eigenvalue weighted by Gasteiger charge is 2.48. The van der Waals surface area contributed by atoms with E-state index in [0.717, 1.165) is 11.7 Å². The Hall–Kier alpha value is -1.34. The second-order valence-electron chi connectivity index (χ2n) is 5.82. The lowest BCUT2D eigenvalue weighted by molar-refractivity contribution is -0.0689. The largest absolute Gasteiger partial charge is 0.392 e. The number of nitrogens with one attached hydrogen (secondary N) is 1. The van der Waals surface area contributed by atoms with E-state index in [1.54, 1.807) is 0 Å². The monoisotopic (exact) mass is 298 g/mol. The standard InChI is InChI=1S/C13H22N4O2S/c1-5-17(4)12-16-10(14)9(20-12)11(19)15-7-6-8(18)13(7,2)3/h7-8,18H,5-6,14H2,1-4H3,(H,15,19). The molecule has 1 aliphatic rings. The van der Waals surface area contributed by atoms with Crippen LogP contribution in [0.3, 0.4) is 0 Å². The number of aliphatic hydroxyl groups excluding tert-OH is 1. The van der Waals surface area contributed by atoms with E-state index in [0.29, 0.717) is 11.3 Å². The number of rotatable bonds is 4. The Morgan fingerprint density at radius 2 is 2.30 bits per heavy atom. The van der Waals surface area contributed by atoms with Gasteiger partial charge in [0, 0.05) is 25.0 Å². The molecule has 0 spiro atoms. The highest BCUT2D eigenvalue weighted by Crippen LogP contribution is 2.40. The summed E-state index contributed by atoms with van der Waals surface area (Å²) < 4.78 is 0. The SMILES string of the molecule is CCN(C)c1nc(N)c(C(=O)NC2CC(O)C2(C)C)s1. The Labute approximate surface area is 123 Å². The van der Waals surface area contributed by atoms with E-state index in [-0.39, 0.29) is 29.3 Å². The number of carbonyl (C=O) groups excluding carboxylic acids is 1. The summed E-state index contributed by atoms with van der Waals surface area (Å²) in [4.78, 5) is 18.9. The second-order valence-corrected chi connectivity index (χ2v) is 6.80. The number of hydrogen-bond donors (Lipinski definition) is 3. The fourth-order valence-electron chi connectivity index (χ4n) is 2.15. The minimum atomic E-state index is -0.367. The molecule has 0 aromatic carbocycles. The van der Waals surface area contributed by atoms with Crippen molar-refractivity contribution in [1.82, 2.24) is 10.3 Å². The van der Waals surface area contributed by atoms with Crippen LogP contribution in [0.15, 0.2) is 0 Å². The smallest absolute Gasteiger partial charge is 0.265 e. The Morgan fingerprint density at radius 3 is 2.80 bits per heavy atom. The van der Waals surface area contributed by atoms with Crippen molar-refractivity contribution in [2.75, 3.05) is 24.2 Å². The van der Waals surface area contributed by atoms with E-state index in [4.69, 9.17) is 5.73 Å². The minimum absolute atomic E-state index is 0.0288. The summed E-state index contributed by atoms with van der Waals surface area (Å²) in [6, 6.07) is -0.0288. The van der Waals surface area contributed by atoms with Crippen molar-refractivity contribution in [2.45, 2.75) is 39.3 Å². The Balaban J connectivity index is 2.09. The van der Waals surface area contributed by atoms with Crippen LogP contribution in [-0.4, -0.2) is 41.7 Å². The zero-order valence-corrected chi connectivity index (χ0v) is 13.1. The molecule has 7 heteroatoms. The van der Waals surface area contributed by atoms with Gasteiger partial charge < -0.3 is 21.1 Å². The van der Waals surface area contributed by atoms with E-state index in [2.05, 4.69) is 10.3 Å². The molecule has 4 N–H and O–H groups in total. The lowest BCUT2D eigenvalue weighted by Gasteiger charge is -2.49. The lowest BCUT2D eigenvalue weighted by Crippen LogP contribution is -2.61. The summed E-state index contributed by atoms with van der Waals surface area (Å²) in [7, 11) is 1.91. The van der Waals surface area contributed by atoms with Crippen molar-refractivity contribution >= 4 is 28.2 Å². The lowest BCUT2D eigenvalue weighted by atomic mass is 9.64. The minimum Gasteiger partial charge on any atom is -0.392 e. The molecule has 1 aromatic heterocycles. The van der Waals surface area contributed by atoms with Crippen LogP contribution in [0.5, 0.6) is 0 Å². The number of aromatic nitrogens is 1. The molecule has 6 nitrogen and oxygen atoms in total. The normalized spacial score (nSPS) is 24.1. The zero-order valence-electron chi connectivity index (χ0n) is 12.3. The van der Waals surface area contributed by atoms with Gasteiger partial charge in [-0.25, -0.2) is 4.98 Å². The first kappa shape index (κ1) is 15.1. The van der Waals surface area contributed by atoms with Gasteiger partial charge in [-0.2, -0.15) is 0 Å². The quantitative estimate of drug-likeness (QED) is 0.773. The zero-order chi connectivity index (χ0) is 15.1. The van der Waals surface area contributed by atoms with Crippen LogP contribution in [0.4, 0.5) is 10.9 Å². The van der Waals surface area contributed by atoms with Gasteiger partial charge in [-0.15, -0.1) is 0 Å². The predicted octanol–water partition coefficient (Wildman–Crippen LogP) is 1.07. The number of amides is 1. The number of aliphatic hydroxyl groups is 1. The molecule has 2 atom stereocenters. The van der Waals surface area contributed by atoms with Crippen LogP contribution < -0.4 is 16.0 Å². The maximum atomic E-state index is 12.3. The molecule has 112 valence electrons. The summed E-state index contributed by atoms with van der Waals surface area (Å²) in [6.07, 6.45) is 0.215. The van der Waals surface area contributed by atoms with Gasteiger partial charge in [0.2, 0.25) is 0 Å². The first-order valence-corrected chi connectivity index (χ1v) is 7.55. The van der Waals surface area contributed by atoms with Gasteiger partial charge in [0.25, 0.3) is 5.91 Å². The molecule has 2 unspecified atom stereocenters. The van der Waals surface area contributed by atoms with Crippen molar-refractivity contribution in [1.29, 1.82) is 0 Å². The number of thiazole rings is 1. The summed E-state index contributed by atoms with van der Waals surface area (Å²) >= 11 is 1.29. The number of hydrogen-bond acceptors (Lipinski definition) is 6. The molecule has 1 aliphatic carbocycles. The molecule has 1 fully saturated rings. The number of carbonyl (C=O) groups is 1. The van der Waals surface area contributed by atoms with Crippen LogP contribution in [-0.2, 0) is 0 Å². The average molecular weight is 298 g/mol. The number of nitrogens with zero attached hydrogens (tertiary/aromatic N) is 2. The van der Waals surface area contributed by atoms with Crippen LogP contribution >= 0.6 is 11.3 Å². The Morgan fingerprint density at radius 1 is 1.65 bits per heavy atom. The Bertz CT molecular complexity index is 514. The molecule has 1 saturated carbocycles. The van der Waals surface area contributed by atoms with Crippen LogP contribution in [0.1, 0.15) is 36.9 Å². The summed E-state index contributed by atoms with van der Waals surface area (Å²) in [5, 5.41) is 13.4. The molecule has 0 saturated heterocycles. The molecule has 1 aromatic rings. The van der Waals surface area contributed by atoms with Gasteiger partial charge >= 0.3 is 0 Å². The molecule has 0 bridgehead atoms. The molecular weight excluding hydrogens is 276 g/mol. The number of anilines is 2. The molecule has 0 radical (unpaired) electrons. The van der Waals surface area contributed by atoms with Crippen LogP contribution in [0.2, 0.25) is 0 Å². The van der Waals surface area contributed by atoms with Gasteiger partial charge in [-0.05, 0) is 13.3 Å². The molecule has 2 rings (SSSR count). The van der Waals surface area contributed by atoms with E-state index in [9.17, 15) is 9.90 Å². The van der Waals surface area contributed by atoms with Crippen molar-refractivity contribution in [3.8, 4) is 0 Å². The van der Waals surface area contributed by atoms with Crippen LogP contribution in [0, 0.1) is 5.41 Å². The molecular formula is C13H22N4O2S. The predicted molar refractivity (Wildman–Crippen MR) is 81.1 cm³/mol. The first-order chi connectivity index (χ1) is 9.27. The summed E-state index contributed by atoms with van der Waals surface area (Å²) in [5.74, 6) is 0.0567. The first-order valence-electron chi connectivity index (χ1n) is 6.73. The fraction of sp³-hybridized carbons (Fsp3) is 0.692. The molecule has 1 heterocycles. The molecule has 1 amide bonds. The maximum absolute atomic E-state index is 12.3. The topological polar surface area (TPSA) is 91.5 Å². The van der Waals surface area contributed by atoms with Gasteiger partial charge in [-0.3, -0.25) is 4.79 Å². The van der Waals surface area contributed by atoms with Crippen molar-refractivity contribution < 1.29 is 9.90 Å². The fourth-order valence-corrected chi connectivity index (χ4v) is 3.07. The second kappa shape index (κ2) is 5.21. The summed E-state index contributed by atoms with van der Waals surface area (Å²) in [5.41, 5.74) is 5.53. The van der Waals surface area contributed by atoms with Crippen molar-refractivity contribution in [3.63, 3.8) is 0 Å². The van der Waals surface area contributed by atoms with Crippen molar-refractivity contribution in [2.24, 2.45) is 5.41 Å². The van der Waals surface area contributed by atoms with Gasteiger partial charge in [-0.1, -0.05) is 25.2 Å². The third kappa shape index (κ3) is 2.47. The third-order valence-corrected chi connectivity index (χ3v) is 5.35. The number of nitrogen functional groups attached to an aromatic ring is 1. The van der Waals surface area contributed by atoms with Crippen molar-refractivity contribution in [3.05, 3.63) is 4.88 Å². The van der Waals surface area contributed by atoms with Gasteiger partial charge in [0.1, 0.15) is 10.7 Å². The van der Waals surface area contributed by atoms with Crippen LogP contribution in [0.25, 0.3) is 0 Å². The van der Waals surface area contributed by atoms with E-state index >= 15 is 0 Å². The Kier molecular flexibility index (Phi) is 3.93. The highest BCUT2D eigenvalue weighted by atomic mass is 32.1. The van der Waals surface area contributed by atoms with E-state index < -0.39 is 0 Å². The average Bonchev–Trinajstić information content (AvgIpc) is 2.79. The third-order valence-electron chi connectivity index (χ3n) is 4.17.